The molecule has 3 atom stereocenters. The highest BCUT2D eigenvalue weighted by atomic mass is 15.1. The van der Waals surface area contributed by atoms with E-state index in [-0.39, 0.29) is 0 Å². The van der Waals surface area contributed by atoms with Gasteiger partial charge in [-0.25, -0.2) is 0 Å². The van der Waals surface area contributed by atoms with Crippen molar-refractivity contribution >= 4 is 0 Å². The molecule has 0 bridgehead atoms. The van der Waals surface area contributed by atoms with Crippen molar-refractivity contribution in [1.29, 1.82) is 0 Å². The van der Waals surface area contributed by atoms with Gasteiger partial charge in [-0.1, -0.05) is 33.1 Å². The van der Waals surface area contributed by atoms with E-state index in [0.717, 1.165) is 17.9 Å². The van der Waals surface area contributed by atoms with Crippen LogP contribution in [0.15, 0.2) is 0 Å². The van der Waals surface area contributed by atoms with Crippen molar-refractivity contribution in [2.45, 2.75) is 64.8 Å². The van der Waals surface area contributed by atoms with Gasteiger partial charge < -0.3 is 10.2 Å². The van der Waals surface area contributed by atoms with Crippen LogP contribution < -0.4 is 5.32 Å². The third-order valence-electron chi connectivity index (χ3n) is 4.73. The smallest absolute Gasteiger partial charge is 0.0105 e. The van der Waals surface area contributed by atoms with E-state index in [0.29, 0.717) is 0 Å². The quantitative estimate of drug-likeness (QED) is 0.667. The van der Waals surface area contributed by atoms with Crippen LogP contribution in [0.3, 0.4) is 0 Å². The number of hydrogen-bond acceptors (Lipinski definition) is 2. The van der Waals surface area contributed by atoms with E-state index in [1.807, 2.05) is 0 Å². The molecule has 0 aromatic rings. The molecule has 0 heterocycles. The standard InChI is InChI=1S/C16H34N2/c1-5-7-8-11-18(4)13-15-12-14(6-2)9-10-16(15)17-3/h14-17H,5-13H2,1-4H3. The van der Waals surface area contributed by atoms with Crippen molar-refractivity contribution in [3.63, 3.8) is 0 Å². The van der Waals surface area contributed by atoms with E-state index < -0.39 is 0 Å². The summed E-state index contributed by atoms with van der Waals surface area (Å²) in [6.45, 7) is 7.19. The van der Waals surface area contributed by atoms with Crippen molar-refractivity contribution in [2.75, 3.05) is 27.2 Å². The van der Waals surface area contributed by atoms with Gasteiger partial charge in [0, 0.05) is 12.6 Å². The second-order valence-corrected chi connectivity index (χ2v) is 6.21. The molecule has 1 saturated carbocycles. The first kappa shape index (κ1) is 16.0. The molecular weight excluding hydrogens is 220 g/mol. The van der Waals surface area contributed by atoms with E-state index in [9.17, 15) is 0 Å². The van der Waals surface area contributed by atoms with Crippen LogP contribution in [0.1, 0.15) is 58.8 Å². The van der Waals surface area contributed by atoms with Gasteiger partial charge in [0.15, 0.2) is 0 Å². The predicted octanol–water partition coefficient (Wildman–Crippen LogP) is 3.52. The maximum Gasteiger partial charge on any atom is 0.0105 e. The molecule has 0 saturated heterocycles. The Morgan fingerprint density at radius 2 is 1.94 bits per heavy atom. The summed E-state index contributed by atoms with van der Waals surface area (Å²) < 4.78 is 0. The molecule has 1 rings (SSSR count). The Labute approximate surface area is 115 Å². The van der Waals surface area contributed by atoms with Gasteiger partial charge in [-0.3, -0.25) is 0 Å². The first-order valence-corrected chi connectivity index (χ1v) is 8.07. The maximum absolute atomic E-state index is 3.54. The molecule has 1 aliphatic carbocycles. The van der Waals surface area contributed by atoms with Crippen molar-refractivity contribution in [3.05, 3.63) is 0 Å². The summed E-state index contributed by atoms with van der Waals surface area (Å²) in [4.78, 5) is 2.56. The third kappa shape index (κ3) is 5.27. The van der Waals surface area contributed by atoms with Crippen LogP contribution in [0.25, 0.3) is 0 Å². The molecule has 108 valence electrons. The Kier molecular flexibility index (Phi) is 7.92. The Bertz CT molecular complexity index is 205. The lowest BCUT2D eigenvalue weighted by Crippen LogP contribution is -2.44. The molecule has 0 spiro atoms. The first-order chi connectivity index (χ1) is 8.71. The number of unbranched alkanes of at least 4 members (excludes halogenated alkanes) is 2. The van der Waals surface area contributed by atoms with Gasteiger partial charge >= 0.3 is 0 Å². The van der Waals surface area contributed by atoms with Crippen molar-refractivity contribution < 1.29 is 0 Å². The summed E-state index contributed by atoms with van der Waals surface area (Å²) in [5, 5.41) is 3.54. The molecule has 0 aromatic carbocycles. The van der Waals surface area contributed by atoms with E-state index in [4.69, 9.17) is 0 Å². The molecule has 2 nitrogen and oxygen atoms in total. The van der Waals surface area contributed by atoms with Crippen LogP contribution in [0.5, 0.6) is 0 Å². The lowest BCUT2D eigenvalue weighted by atomic mass is 9.76. The van der Waals surface area contributed by atoms with Gasteiger partial charge in [-0.2, -0.15) is 0 Å². The molecule has 0 aromatic heterocycles. The lowest BCUT2D eigenvalue weighted by molar-refractivity contribution is 0.155. The number of rotatable bonds is 8. The highest BCUT2D eigenvalue weighted by molar-refractivity contribution is 4.85. The van der Waals surface area contributed by atoms with Crippen molar-refractivity contribution in [3.8, 4) is 0 Å². The van der Waals surface area contributed by atoms with Crippen LogP contribution >= 0.6 is 0 Å². The zero-order chi connectivity index (χ0) is 13.4. The van der Waals surface area contributed by atoms with Gasteiger partial charge in [-0.05, 0) is 58.2 Å². The van der Waals surface area contributed by atoms with Gasteiger partial charge in [0.2, 0.25) is 0 Å². The lowest BCUT2D eigenvalue weighted by Gasteiger charge is -2.38. The molecule has 1 fully saturated rings. The number of nitrogens with zero attached hydrogens (tertiary/aromatic N) is 1. The Balaban J connectivity index is 2.35. The second-order valence-electron chi connectivity index (χ2n) is 6.21. The van der Waals surface area contributed by atoms with Crippen LogP contribution in [-0.4, -0.2) is 38.1 Å². The van der Waals surface area contributed by atoms with E-state index in [1.54, 1.807) is 0 Å². The first-order valence-electron chi connectivity index (χ1n) is 8.07. The predicted molar refractivity (Wildman–Crippen MR) is 81.0 cm³/mol. The Morgan fingerprint density at radius 3 is 2.56 bits per heavy atom. The summed E-state index contributed by atoms with van der Waals surface area (Å²) >= 11 is 0. The van der Waals surface area contributed by atoms with E-state index in [2.05, 4.69) is 38.2 Å². The summed E-state index contributed by atoms with van der Waals surface area (Å²) in [5.74, 6) is 1.84. The summed E-state index contributed by atoms with van der Waals surface area (Å²) in [5.41, 5.74) is 0. The minimum absolute atomic E-state index is 0.751. The molecule has 0 radical (unpaired) electrons. The van der Waals surface area contributed by atoms with E-state index >= 15 is 0 Å². The topological polar surface area (TPSA) is 15.3 Å². The number of hydrogen-bond donors (Lipinski definition) is 1. The third-order valence-corrected chi connectivity index (χ3v) is 4.73. The Morgan fingerprint density at radius 1 is 1.17 bits per heavy atom. The molecule has 0 amide bonds. The fourth-order valence-corrected chi connectivity index (χ4v) is 3.44. The summed E-state index contributed by atoms with van der Waals surface area (Å²) in [6.07, 6.45) is 9.67. The van der Waals surface area contributed by atoms with Crippen LogP contribution in [0, 0.1) is 11.8 Å². The molecular formula is C16H34N2. The summed E-state index contributed by atoms with van der Waals surface area (Å²) in [6, 6.07) is 0.751. The van der Waals surface area contributed by atoms with Crippen molar-refractivity contribution in [2.24, 2.45) is 11.8 Å². The zero-order valence-corrected chi connectivity index (χ0v) is 13.0. The van der Waals surface area contributed by atoms with Crippen LogP contribution in [0.2, 0.25) is 0 Å². The van der Waals surface area contributed by atoms with Crippen molar-refractivity contribution in [1.82, 2.24) is 10.2 Å². The van der Waals surface area contributed by atoms with E-state index in [1.165, 1.54) is 58.0 Å². The summed E-state index contributed by atoms with van der Waals surface area (Å²) in [7, 11) is 4.44. The highest BCUT2D eigenvalue weighted by Crippen LogP contribution is 2.31. The minimum Gasteiger partial charge on any atom is -0.317 e. The van der Waals surface area contributed by atoms with Gasteiger partial charge in [0.1, 0.15) is 0 Å². The van der Waals surface area contributed by atoms with Gasteiger partial charge in [0.25, 0.3) is 0 Å². The van der Waals surface area contributed by atoms with Crippen LogP contribution in [0.4, 0.5) is 0 Å². The molecule has 2 heteroatoms. The van der Waals surface area contributed by atoms with Gasteiger partial charge in [-0.15, -0.1) is 0 Å². The fraction of sp³-hybridized carbons (Fsp3) is 1.00. The van der Waals surface area contributed by atoms with Crippen LogP contribution in [-0.2, 0) is 0 Å². The minimum atomic E-state index is 0.751. The zero-order valence-electron chi connectivity index (χ0n) is 13.0. The second kappa shape index (κ2) is 8.92. The fourth-order valence-electron chi connectivity index (χ4n) is 3.44. The molecule has 18 heavy (non-hydrogen) atoms. The molecule has 1 aliphatic rings. The highest BCUT2D eigenvalue weighted by Gasteiger charge is 2.29. The largest absolute Gasteiger partial charge is 0.317 e. The SMILES string of the molecule is CCCCCN(C)CC1CC(CC)CCC1NC. The monoisotopic (exact) mass is 254 g/mol. The maximum atomic E-state index is 3.54. The molecule has 0 aliphatic heterocycles. The number of nitrogens with one attached hydrogen (secondary N) is 1. The van der Waals surface area contributed by atoms with Gasteiger partial charge in [0.05, 0.1) is 0 Å². The molecule has 3 unspecified atom stereocenters. The average Bonchev–Trinajstić information content (AvgIpc) is 2.39. The normalized spacial score (nSPS) is 28.8. The molecule has 1 N–H and O–H groups in total. The Hall–Kier alpha value is -0.0800. The average molecular weight is 254 g/mol.